The van der Waals surface area contributed by atoms with Crippen molar-refractivity contribution in [1.82, 2.24) is 24.7 Å². The van der Waals surface area contributed by atoms with Crippen LogP contribution >= 0.6 is 11.8 Å². The number of rotatable bonds is 3. The first-order valence-electron chi connectivity index (χ1n) is 7.15. The first-order valence-corrected chi connectivity index (χ1v) is 8.03. The Morgan fingerprint density at radius 1 is 1.29 bits per heavy atom. The molecule has 1 saturated carbocycles. The van der Waals surface area contributed by atoms with Gasteiger partial charge in [0.15, 0.2) is 0 Å². The zero-order valence-corrected chi connectivity index (χ0v) is 13.0. The van der Waals surface area contributed by atoms with Gasteiger partial charge >= 0.3 is 0 Å². The van der Waals surface area contributed by atoms with Gasteiger partial charge in [-0.25, -0.2) is 9.36 Å². The van der Waals surface area contributed by atoms with Gasteiger partial charge in [-0.15, -0.1) is 10.2 Å². The average molecular weight is 308 g/mol. The fourth-order valence-electron chi connectivity index (χ4n) is 2.68. The van der Waals surface area contributed by atoms with Crippen molar-refractivity contribution in [3.05, 3.63) is 17.5 Å². The minimum absolute atomic E-state index is 0.138. The summed E-state index contributed by atoms with van der Waals surface area (Å²) in [7, 11) is 0. The number of nitrogens with zero attached hydrogens (tertiary/aromatic N) is 5. The molecule has 0 amide bonds. The van der Waals surface area contributed by atoms with Gasteiger partial charge in [0.25, 0.3) is 5.95 Å². The van der Waals surface area contributed by atoms with Crippen LogP contribution in [0.25, 0.3) is 5.95 Å². The van der Waals surface area contributed by atoms with E-state index in [2.05, 4.69) is 15.3 Å². The Hall–Kier alpha value is -1.54. The summed E-state index contributed by atoms with van der Waals surface area (Å²) < 4.78 is 3.13. The molecule has 3 N–H and O–H groups in total. The number of nitrogen functional groups attached to an aromatic ring is 1. The zero-order valence-electron chi connectivity index (χ0n) is 12.2. The van der Waals surface area contributed by atoms with Crippen molar-refractivity contribution in [3.8, 4) is 5.95 Å². The third kappa shape index (κ3) is 2.77. The van der Waals surface area contributed by atoms with Crippen LogP contribution in [-0.4, -0.2) is 41.1 Å². The van der Waals surface area contributed by atoms with Gasteiger partial charge in [0, 0.05) is 10.9 Å². The van der Waals surface area contributed by atoms with E-state index in [-0.39, 0.29) is 11.4 Å². The molecule has 3 rings (SSSR count). The van der Waals surface area contributed by atoms with Crippen LogP contribution in [0.4, 0.5) is 0 Å². The van der Waals surface area contributed by atoms with Crippen LogP contribution in [-0.2, 0) is 0 Å². The molecule has 1 fully saturated rings. The summed E-state index contributed by atoms with van der Waals surface area (Å²) in [4.78, 5) is 0. The lowest BCUT2D eigenvalue weighted by molar-refractivity contribution is 0.137. The second kappa shape index (κ2) is 5.69. The van der Waals surface area contributed by atoms with Crippen molar-refractivity contribution >= 4 is 11.8 Å². The highest BCUT2D eigenvalue weighted by Crippen LogP contribution is 2.33. The molecule has 0 radical (unpaired) electrons. The van der Waals surface area contributed by atoms with E-state index in [1.54, 1.807) is 4.68 Å². The Kier molecular flexibility index (Phi) is 3.90. The SMILES string of the molecule is Cc1cc(C)n(-c2nnc(SC3CCCCC3O)n2N)n1. The molecule has 1 aliphatic rings. The lowest BCUT2D eigenvalue weighted by atomic mass is 9.97. The maximum absolute atomic E-state index is 10.1. The molecule has 2 aromatic rings. The number of aryl methyl sites for hydroxylation is 2. The van der Waals surface area contributed by atoms with E-state index in [1.165, 1.54) is 16.4 Å². The molecule has 0 aromatic carbocycles. The molecule has 0 bridgehead atoms. The molecule has 1 aliphatic carbocycles. The Balaban J connectivity index is 1.84. The van der Waals surface area contributed by atoms with E-state index in [1.807, 2.05) is 19.9 Å². The van der Waals surface area contributed by atoms with Gasteiger partial charge in [0.1, 0.15) is 0 Å². The van der Waals surface area contributed by atoms with E-state index in [9.17, 15) is 5.11 Å². The highest BCUT2D eigenvalue weighted by molar-refractivity contribution is 7.99. The number of hydrogen-bond acceptors (Lipinski definition) is 6. The van der Waals surface area contributed by atoms with E-state index in [0.29, 0.717) is 11.1 Å². The number of thioether (sulfide) groups is 1. The number of aliphatic hydroxyl groups excluding tert-OH is 1. The van der Waals surface area contributed by atoms with Crippen LogP contribution in [0.2, 0.25) is 0 Å². The molecule has 8 heteroatoms. The first-order chi connectivity index (χ1) is 10.1. The normalized spacial score (nSPS) is 22.6. The third-order valence-electron chi connectivity index (χ3n) is 3.77. The maximum atomic E-state index is 10.1. The molecule has 2 unspecified atom stereocenters. The number of hydrogen-bond donors (Lipinski definition) is 2. The molecule has 0 spiro atoms. The number of aromatic nitrogens is 5. The van der Waals surface area contributed by atoms with E-state index >= 15 is 0 Å². The van der Waals surface area contributed by atoms with Gasteiger partial charge in [-0.3, -0.25) is 0 Å². The lowest BCUT2D eigenvalue weighted by Crippen LogP contribution is -2.27. The van der Waals surface area contributed by atoms with E-state index < -0.39 is 0 Å². The van der Waals surface area contributed by atoms with Crippen LogP contribution in [0.5, 0.6) is 0 Å². The number of aliphatic hydroxyl groups is 1. The van der Waals surface area contributed by atoms with Crippen LogP contribution < -0.4 is 5.84 Å². The van der Waals surface area contributed by atoms with Crippen molar-refractivity contribution in [1.29, 1.82) is 0 Å². The van der Waals surface area contributed by atoms with Gasteiger partial charge in [-0.1, -0.05) is 24.6 Å². The Bertz CT molecular complexity index is 637. The average Bonchev–Trinajstić information content (AvgIpc) is 2.96. The predicted molar refractivity (Wildman–Crippen MR) is 80.9 cm³/mol. The summed E-state index contributed by atoms with van der Waals surface area (Å²) in [5.41, 5.74) is 1.87. The van der Waals surface area contributed by atoms with Crippen molar-refractivity contribution < 1.29 is 5.11 Å². The monoisotopic (exact) mass is 308 g/mol. The molecule has 2 atom stereocenters. The molecule has 7 nitrogen and oxygen atoms in total. The fraction of sp³-hybridized carbons (Fsp3) is 0.615. The molecular formula is C13H20N6OS. The maximum Gasteiger partial charge on any atom is 0.271 e. The molecule has 21 heavy (non-hydrogen) atoms. The van der Waals surface area contributed by atoms with Crippen LogP contribution in [0.15, 0.2) is 11.2 Å². The molecule has 114 valence electrons. The van der Waals surface area contributed by atoms with Gasteiger partial charge in [-0.05, 0) is 32.8 Å². The minimum atomic E-state index is -0.294. The predicted octanol–water partition coefficient (Wildman–Crippen LogP) is 1.19. The third-order valence-corrected chi connectivity index (χ3v) is 5.11. The van der Waals surface area contributed by atoms with E-state index in [4.69, 9.17) is 5.84 Å². The van der Waals surface area contributed by atoms with E-state index in [0.717, 1.165) is 37.1 Å². The van der Waals surface area contributed by atoms with Crippen LogP contribution in [0.3, 0.4) is 0 Å². The largest absolute Gasteiger partial charge is 0.392 e. The Morgan fingerprint density at radius 2 is 2.05 bits per heavy atom. The highest BCUT2D eigenvalue weighted by Gasteiger charge is 2.26. The van der Waals surface area contributed by atoms with Crippen LogP contribution in [0, 0.1) is 13.8 Å². The van der Waals surface area contributed by atoms with Crippen molar-refractivity contribution in [2.75, 3.05) is 5.84 Å². The summed E-state index contributed by atoms with van der Waals surface area (Å²) >= 11 is 1.50. The topological polar surface area (TPSA) is 94.8 Å². The summed E-state index contributed by atoms with van der Waals surface area (Å²) in [6.45, 7) is 3.88. The summed E-state index contributed by atoms with van der Waals surface area (Å²) in [5, 5.41) is 23.5. The molecule has 0 aliphatic heterocycles. The number of nitrogens with two attached hydrogens (primary N) is 1. The second-order valence-corrected chi connectivity index (χ2v) is 6.71. The second-order valence-electron chi connectivity index (χ2n) is 5.50. The van der Waals surface area contributed by atoms with Crippen molar-refractivity contribution in [2.24, 2.45) is 0 Å². The molecule has 2 aromatic heterocycles. The minimum Gasteiger partial charge on any atom is -0.392 e. The van der Waals surface area contributed by atoms with Gasteiger partial charge in [-0.2, -0.15) is 5.10 Å². The van der Waals surface area contributed by atoms with Crippen molar-refractivity contribution in [3.63, 3.8) is 0 Å². The van der Waals surface area contributed by atoms with Gasteiger partial charge < -0.3 is 10.9 Å². The Labute approximate surface area is 127 Å². The Morgan fingerprint density at radius 3 is 2.71 bits per heavy atom. The van der Waals surface area contributed by atoms with Crippen LogP contribution in [0.1, 0.15) is 37.1 Å². The quantitative estimate of drug-likeness (QED) is 0.827. The summed E-state index contributed by atoms with van der Waals surface area (Å²) in [6.07, 6.45) is 3.76. The van der Waals surface area contributed by atoms with Crippen molar-refractivity contribution in [2.45, 2.75) is 56.0 Å². The fourth-order valence-corrected chi connectivity index (χ4v) is 3.81. The summed E-state index contributed by atoms with van der Waals surface area (Å²) in [6, 6.07) is 1.96. The first kappa shape index (κ1) is 14.4. The standard InChI is InChI=1S/C13H20N6OS/c1-8-7-9(2)19(17-8)12-15-16-13(18(12)14)21-11-6-4-3-5-10(11)20/h7,10-11,20H,3-6,14H2,1-2H3. The zero-order chi connectivity index (χ0) is 15.0. The van der Waals surface area contributed by atoms with Gasteiger partial charge in [0.05, 0.1) is 11.8 Å². The highest BCUT2D eigenvalue weighted by atomic mass is 32.2. The molecule has 0 saturated heterocycles. The molecule has 2 heterocycles. The lowest BCUT2D eigenvalue weighted by Gasteiger charge is -2.26. The summed E-state index contributed by atoms with van der Waals surface area (Å²) in [5.74, 6) is 6.60. The smallest absolute Gasteiger partial charge is 0.271 e. The molecular weight excluding hydrogens is 288 g/mol. The van der Waals surface area contributed by atoms with Gasteiger partial charge in [0.2, 0.25) is 5.16 Å².